The fourth-order valence-corrected chi connectivity index (χ4v) is 4.94. The number of ketones is 1. The zero-order valence-corrected chi connectivity index (χ0v) is 18.1. The molecule has 1 N–H and O–H groups in total. The second kappa shape index (κ2) is 8.46. The number of hydrogen-bond donors (Lipinski definition) is 1. The Hall–Kier alpha value is -2.66. The van der Waals surface area contributed by atoms with Crippen LogP contribution in [0.3, 0.4) is 0 Å². The maximum atomic E-state index is 13.0. The maximum Gasteiger partial charge on any atom is 0.257 e. The molecule has 2 aliphatic rings. The first kappa shape index (κ1) is 21.6. The number of carbonyl (C=O) groups is 2. The van der Waals surface area contributed by atoms with E-state index in [4.69, 9.17) is 25.8 Å². The number of anilines is 1. The smallest absolute Gasteiger partial charge is 0.257 e. The van der Waals surface area contributed by atoms with Crippen LogP contribution in [-0.2, 0) is 14.8 Å². The number of rotatable bonds is 5. The summed E-state index contributed by atoms with van der Waals surface area (Å²) in [5.41, 5.74) is 0.397. The molecular formula is C20H19ClN2O7S. The quantitative estimate of drug-likeness (QED) is 0.674. The molecule has 0 aromatic heterocycles. The fraction of sp³-hybridized carbons (Fsp3) is 0.300. The molecule has 2 aromatic carbocycles. The molecule has 0 radical (unpaired) electrons. The molecule has 0 unspecified atom stereocenters. The molecule has 9 nitrogen and oxygen atoms in total. The SMILES string of the molecule is CC(=O)c1cc2c(cc1NC(=O)c1cc(S(=O)(=O)N3CCOCC3)ccc1Cl)OCO2. The molecule has 31 heavy (non-hydrogen) atoms. The second-order valence-electron chi connectivity index (χ2n) is 6.92. The van der Waals surface area contributed by atoms with Crippen molar-refractivity contribution in [3.63, 3.8) is 0 Å². The van der Waals surface area contributed by atoms with Crippen molar-refractivity contribution in [3.8, 4) is 11.5 Å². The summed E-state index contributed by atoms with van der Waals surface area (Å²) in [5.74, 6) is -0.163. The number of nitrogens with one attached hydrogen (secondary N) is 1. The van der Waals surface area contributed by atoms with Gasteiger partial charge < -0.3 is 19.5 Å². The van der Waals surface area contributed by atoms with Crippen molar-refractivity contribution in [1.82, 2.24) is 4.31 Å². The number of amides is 1. The van der Waals surface area contributed by atoms with Crippen LogP contribution >= 0.6 is 11.6 Å². The van der Waals surface area contributed by atoms with Gasteiger partial charge in [-0.25, -0.2) is 8.42 Å². The van der Waals surface area contributed by atoms with Crippen LogP contribution in [0, 0.1) is 0 Å². The summed E-state index contributed by atoms with van der Waals surface area (Å²) in [5, 5.41) is 2.70. The number of halogens is 1. The van der Waals surface area contributed by atoms with Crippen LogP contribution in [0.1, 0.15) is 27.6 Å². The van der Waals surface area contributed by atoms with E-state index in [-0.39, 0.29) is 52.4 Å². The molecule has 0 saturated carbocycles. The first-order chi connectivity index (χ1) is 14.8. The van der Waals surface area contributed by atoms with Gasteiger partial charge in [-0.15, -0.1) is 0 Å². The van der Waals surface area contributed by atoms with Crippen LogP contribution in [0.5, 0.6) is 11.5 Å². The average Bonchev–Trinajstić information content (AvgIpc) is 3.21. The zero-order valence-electron chi connectivity index (χ0n) is 16.5. The average molecular weight is 467 g/mol. The summed E-state index contributed by atoms with van der Waals surface area (Å²) in [6, 6.07) is 6.91. The van der Waals surface area contributed by atoms with E-state index in [1.165, 1.54) is 41.6 Å². The van der Waals surface area contributed by atoms with Crippen molar-refractivity contribution in [3.05, 3.63) is 46.5 Å². The minimum Gasteiger partial charge on any atom is -0.454 e. The molecule has 2 aliphatic heterocycles. The topological polar surface area (TPSA) is 111 Å². The van der Waals surface area contributed by atoms with E-state index < -0.39 is 15.9 Å². The molecule has 2 aromatic rings. The zero-order chi connectivity index (χ0) is 22.2. The molecular weight excluding hydrogens is 448 g/mol. The molecule has 0 aliphatic carbocycles. The van der Waals surface area contributed by atoms with Crippen LogP contribution in [0.15, 0.2) is 35.2 Å². The van der Waals surface area contributed by atoms with Crippen molar-refractivity contribution < 1.29 is 32.2 Å². The van der Waals surface area contributed by atoms with E-state index in [1.807, 2.05) is 0 Å². The van der Waals surface area contributed by atoms with Crippen molar-refractivity contribution in [1.29, 1.82) is 0 Å². The van der Waals surface area contributed by atoms with Crippen molar-refractivity contribution >= 4 is 39.0 Å². The molecule has 164 valence electrons. The highest BCUT2D eigenvalue weighted by atomic mass is 35.5. The number of hydrogen-bond acceptors (Lipinski definition) is 7. The van der Waals surface area contributed by atoms with E-state index >= 15 is 0 Å². The molecule has 1 saturated heterocycles. The highest BCUT2D eigenvalue weighted by Gasteiger charge is 2.28. The van der Waals surface area contributed by atoms with Gasteiger partial charge in [-0.2, -0.15) is 4.31 Å². The van der Waals surface area contributed by atoms with Gasteiger partial charge in [-0.3, -0.25) is 9.59 Å². The number of benzene rings is 2. The molecule has 4 rings (SSSR count). The van der Waals surface area contributed by atoms with Crippen LogP contribution in [0.2, 0.25) is 5.02 Å². The van der Waals surface area contributed by atoms with Crippen LogP contribution in [0.4, 0.5) is 5.69 Å². The van der Waals surface area contributed by atoms with Gasteiger partial charge in [-0.1, -0.05) is 11.6 Å². The summed E-state index contributed by atoms with van der Waals surface area (Å²) in [4.78, 5) is 24.9. The van der Waals surface area contributed by atoms with Crippen LogP contribution in [-0.4, -0.2) is 57.5 Å². The van der Waals surface area contributed by atoms with E-state index in [9.17, 15) is 18.0 Å². The number of morpholine rings is 1. The summed E-state index contributed by atoms with van der Waals surface area (Å²) in [6.45, 7) is 2.43. The lowest BCUT2D eigenvalue weighted by Gasteiger charge is -2.26. The number of Topliss-reactive ketones (excluding diaryl/α,β-unsaturated/α-hetero) is 1. The number of ether oxygens (including phenoxy) is 3. The van der Waals surface area contributed by atoms with Crippen molar-refractivity contribution in [2.24, 2.45) is 0 Å². The predicted octanol–water partition coefficient (Wildman–Crippen LogP) is 2.54. The third-order valence-electron chi connectivity index (χ3n) is 4.93. The maximum absolute atomic E-state index is 13.0. The van der Waals surface area contributed by atoms with Crippen LogP contribution < -0.4 is 14.8 Å². The lowest BCUT2D eigenvalue weighted by Crippen LogP contribution is -2.40. The Kier molecular flexibility index (Phi) is 5.89. The van der Waals surface area contributed by atoms with E-state index in [0.29, 0.717) is 24.7 Å². The summed E-state index contributed by atoms with van der Waals surface area (Å²) in [6.07, 6.45) is 0. The Morgan fingerprint density at radius 2 is 1.71 bits per heavy atom. The first-order valence-corrected chi connectivity index (χ1v) is 11.2. The molecule has 0 spiro atoms. The van der Waals surface area contributed by atoms with E-state index in [1.54, 1.807) is 0 Å². The number of sulfonamides is 1. The summed E-state index contributed by atoms with van der Waals surface area (Å²) in [7, 11) is -3.81. The van der Waals surface area contributed by atoms with Gasteiger partial charge in [0, 0.05) is 24.7 Å². The Morgan fingerprint density at radius 3 is 2.39 bits per heavy atom. The van der Waals surface area contributed by atoms with E-state index in [0.717, 1.165) is 0 Å². The molecule has 2 heterocycles. The standard InChI is InChI=1S/C20H19ClN2O7S/c1-12(24)14-9-18-19(30-11-29-18)10-17(14)22-20(25)15-8-13(2-3-16(15)21)31(26,27)23-4-6-28-7-5-23/h2-3,8-10H,4-7,11H2,1H3,(H,22,25). The second-order valence-corrected chi connectivity index (χ2v) is 9.26. The largest absolute Gasteiger partial charge is 0.454 e. The normalized spacial score (nSPS) is 16.2. The Morgan fingerprint density at radius 1 is 1.03 bits per heavy atom. The van der Waals surface area contributed by atoms with Gasteiger partial charge in [0.2, 0.25) is 16.8 Å². The lowest BCUT2D eigenvalue weighted by molar-refractivity contribution is 0.0730. The monoisotopic (exact) mass is 466 g/mol. The molecule has 1 amide bonds. The highest BCUT2D eigenvalue weighted by Crippen LogP contribution is 2.37. The minimum absolute atomic E-state index is 0.0113. The number of fused-ring (bicyclic) bond motifs is 1. The van der Waals surface area contributed by atoms with Gasteiger partial charge in [0.15, 0.2) is 17.3 Å². The van der Waals surface area contributed by atoms with Gasteiger partial charge >= 0.3 is 0 Å². The molecule has 0 atom stereocenters. The predicted molar refractivity (Wildman–Crippen MR) is 112 cm³/mol. The first-order valence-electron chi connectivity index (χ1n) is 9.41. The van der Waals surface area contributed by atoms with Crippen LogP contribution in [0.25, 0.3) is 0 Å². The van der Waals surface area contributed by atoms with Crippen molar-refractivity contribution in [2.75, 3.05) is 38.4 Å². The summed E-state index contributed by atoms with van der Waals surface area (Å²) >= 11 is 6.19. The van der Waals surface area contributed by atoms with Gasteiger partial charge in [-0.05, 0) is 31.2 Å². The third kappa shape index (κ3) is 4.24. The summed E-state index contributed by atoms with van der Waals surface area (Å²) < 4.78 is 42.9. The van der Waals surface area contributed by atoms with Gasteiger partial charge in [0.1, 0.15) is 0 Å². The molecule has 11 heteroatoms. The van der Waals surface area contributed by atoms with Gasteiger partial charge in [0.05, 0.1) is 34.4 Å². The molecule has 1 fully saturated rings. The Labute approximate surface area is 183 Å². The van der Waals surface area contributed by atoms with E-state index in [2.05, 4.69) is 5.32 Å². The minimum atomic E-state index is -3.81. The third-order valence-corrected chi connectivity index (χ3v) is 7.15. The molecule has 0 bridgehead atoms. The highest BCUT2D eigenvalue weighted by molar-refractivity contribution is 7.89. The Balaban J connectivity index is 1.65. The van der Waals surface area contributed by atoms with Gasteiger partial charge in [0.25, 0.3) is 5.91 Å². The van der Waals surface area contributed by atoms with Crippen molar-refractivity contribution in [2.45, 2.75) is 11.8 Å². The fourth-order valence-electron chi connectivity index (χ4n) is 3.30. The lowest BCUT2D eigenvalue weighted by atomic mass is 10.1. The number of nitrogens with zero attached hydrogens (tertiary/aromatic N) is 1. The number of carbonyl (C=O) groups excluding carboxylic acids is 2. The Bertz CT molecular complexity index is 1160.